The lowest BCUT2D eigenvalue weighted by atomic mass is 9.71. The Hall–Kier alpha value is -3.43. The third kappa shape index (κ3) is 4.37. The summed E-state index contributed by atoms with van der Waals surface area (Å²) in [6, 6.07) is 19.4. The van der Waals surface area contributed by atoms with Gasteiger partial charge in [0.05, 0.1) is 29.3 Å². The molecule has 0 N–H and O–H groups in total. The van der Waals surface area contributed by atoms with E-state index in [1.807, 2.05) is 37.3 Å². The zero-order valence-electron chi connectivity index (χ0n) is 21.9. The summed E-state index contributed by atoms with van der Waals surface area (Å²) < 4.78 is 41.5. The van der Waals surface area contributed by atoms with Gasteiger partial charge < -0.3 is 9.47 Å². The fraction of sp³-hybridized carbons (Fsp3) is 0.267. The van der Waals surface area contributed by atoms with E-state index in [1.165, 1.54) is 3.97 Å². The quantitative estimate of drug-likeness (QED) is 0.193. The third-order valence-electron chi connectivity index (χ3n) is 7.14. The van der Waals surface area contributed by atoms with Crippen LogP contribution in [0.3, 0.4) is 0 Å². The van der Waals surface area contributed by atoms with Gasteiger partial charge in [0.2, 0.25) is 0 Å². The second kappa shape index (κ2) is 10.3. The van der Waals surface area contributed by atoms with Crippen LogP contribution < -0.4 is 0 Å². The van der Waals surface area contributed by atoms with Crippen LogP contribution in [0.5, 0.6) is 0 Å². The van der Waals surface area contributed by atoms with E-state index in [0.29, 0.717) is 37.8 Å². The molecular formula is C30H28BrNO6S. The number of ether oxygens (including phenoxy) is 2. The van der Waals surface area contributed by atoms with Crippen LogP contribution in [0.15, 0.2) is 76.1 Å². The lowest BCUT2D eigenvalue weighted by Gasteiger charge is -2.33. The number of esters is 2. The van der Waals surface area contributed by atoms with Crippen molar-refractivity contribution in [1.29, 1.82) is 0 Å². The summed E-state index contributed by atoms with van der Waals surface area (Å²) in [5.74, 6) is -1.38. The summed E-state index contributed by atoms with van der Waals surface area (Å²) in [7, 11) is -4.08. The van der Waals surface area contributed by atoms with Crippen molar-refractivity contribution in [3.8, 4) is 11.3 Å². The topological polar surface area (TPSA) is 91.7 Å². The van der Waals surface area contributed by atoms with Crippen molar-refractivity contribution in [2.75, 3.05) is 13.2 Å². The molecule has 1 aliphatic rings. The normalized spacial score (nSPS) is 14.3. The van der Waals surface area contributed by atoms with E-state index in [0.717, 1.165) is 5.56 Å². The number of benzene rings is 3. The Morgan fingerprint density at radius 3 is 2.05 bits per heavy atom. The Morgan fingerprint density at radius 1 is 0.872 bits per heavy atom. The lowest BCUT2D eigenvalue weighted by molar-refractivity contribution is -0.172. The Balaban J connectivity index is 1.90. The van der Waals surface area contributed by atoms with Crippen LogP contribution >= 0.6 is 15.9 Å². The average molecular weight is 611 g/mol. The minimum atomic E-state index is -4.08. The molecule has 9 heteroatoms. The monoisotopic (exact) mass is 609 g/mol. The predicted molar refractivity (Wildman–Crippen MR) is 152 cm³/mol. The van der Waals surface area contributed by atoms with Crippen LogP contribution in [0, 0.1) is 12.3 Å². The molecule has 0 bridgehead atoms. The zero-order valence-corrected chi connectivity index (χ0v) is 24.3. The number of hydrogen-bond donors (Lipinski definition) is 0. The van der Waals surface area contributed by atoms with Crippen LogP contribution in [0.25, 0.3) is 22.2 Å². The second-order valence-corrected chi connectivity index (χ2v) is 12.2. The highest BCUT2D eigenvalue weighted by Gasteiger charge is 2.53. The summed E-state index contributed by atoms with van der Waals surface area (Å²) >= 11 is 3.60. The smallest absolute Gasteiger partial charge is 0.324 e. The molecule has 0 aliphatic heterocycles. The highest BCUT2D eigenvalue weighted by Crippen LogP contribution is 2.49. The Labute approximate surface area is 235 Å². The van der Waals surface area contributed by atoms with Gasteiger partial charge in [-0.3, -0.25) is 9.59 Å². The molecule has 3 aromatic carbocycles. The number of aryl methyl sites for hydroxylation is 1. The maximum atomic E-state index is 14.3. The van der Waals surface area contributed by atoms with Crippen molar-refractivity contribution in [2.24, 2.45) is 5.41 Å². The fourth-order valence-electron chi connectivity index (χ4n) is 5.35. The molecule has 0 unspecified atom stereocenters. The Kier molecular flexibility index (Phi) is 7.15. The van der Waals surface area contributed by atoms with Gasteiger partial charge in [-0.25, -0.2) is 12.4 Å². The number of aromatic nitrogens is 1. The number of nitrogens with zero attached hydrogens (tertiary/aromatic N) is 1. The number of rotatable bonds is 7. The summed E-state index contributed by atoms with van der Waals surface area (Å²) in [4.78, 5) is 27.2. The number of halogens is 1. The molecule has 0 saturated heterocycles. The van der Waals surface area contributed by atoms with E-state index in [1.54, 1.807) is 50.2 Å². The lowest BCUT2D eigenvalue weighted by Crippen LogP contribution is -2.47. The highest BCUT2D eigenvalue weighted by molar-refractivity contribution is 9.10. The van der Waals surface area contributed by atoms with Crippen molar-refractivity contribution >= 4 is 48.8 Å². The van der Waals surface area contributed by atoms with Gasteiger partial charge in [0.15, 0.2) is 5.41 Å². The first-order valence-corrected chi connectivity index (χ1v) is 15.0. The van der Waals surface area contributed by atoms with Crippen LogP contribution in [0.2, 0.25) is 0 Å². The molecule has 5 rings (SSSR count). The van der Waals surface area contributed by atoms with E-state index in [2.05, 4.69) is 15.9 Å². The van der Waals surface area contributed by atoms with Gasteiger partial charge in [-0.2, -0.15) is 0 Å². The maximum absolute atomic E-state index is 14.3. The second-order valence-electron chi connectivity index (χ2n) is 9.57. The molecule has 1 aliphatic carbocycles. The Morgan fingerprint density at radius 2 is 1.46 bits per heavy atom. The molecule has 0 radical (unpaired) electrons. The standard InChI is InChI=1S/C30H28BrNO6S/c1-4-37-28(33)30(29(34)38-5-2)17-22-24(31)15-16-25-26(22)23(18-30)27(20-9-7-6-8-10-20)32(25)39(35,36)21-13-11-19(3)12-14-21/h6-16H,4-5,17-18H2,1-3H3. The molecule has 0 saturated carbocycles. The van der Waals surface area contributed by atoms with Gasteiger partial charge in [-0.05, 0) is 61.7 Å². The zero-order chi connectivity index (χ0) is 27.9. The van der Waals surface area contributed by atoms with Gasteiger partial charge in [-0.1, -0.05) is 64.0 Å². The number of carbonyl (C=O) groups excluding carboxylic acids is 2. The first-order chi connectivity index (χ1) is 18.7. The molecule has 1 aromatic heterocycles. The molecular weight excluding hydrogens is 582 g/mol. The average Bonchev–Trinajstić information content (AvgIpc) is 3.27. The minimum absolute atomic E-state index is 0.0123. The van der Waals surface area contributed by atoms with Crippen LogP contribution in [0.4, 0.5) is 0 Å². The molecule has 0 amide bonds. The van der Waals surface area contributed by atoms with Crippen molar-refractivity contribution in [1.82, 2.24) is 3.97 Å². The van der Waals surface area contributed by atoms with Gasteiger partial charge >= 0.3 is 11.9 Å². The van der Waals surface area contributed by atoms with Crippen molar-refractivity contribution in [3.05, 3.63) is 87.9 Å². The van der Waals surface area contributed by atoms with E-state index in [9.17, 15) is 18.0 Å². The van der Waals surface area contributed by atoms with Gasteiger partial charge in [-0.15, -0.1) is 0 Å². The fourth-order valence-corrected chi connectivity index (χ4v) is 7.38. The van der Waals surface area contributed by atoms with Crippen molar-refractivity contribution in [3.63, 3.8) is 0 Å². The van der Waals surface area contributed by atoms with Gasteiger partial charge in [0, 0.05) is 22.7 Å². The molecule has 4 aromatic rings. The Bertz CT molecular complexity index is 1670. The van der Waals surface area contributed by atoms with Gasteiger partial charge in [0.1, 0.15) is 0 Å². The van der Waals surface area contributed by atoms with E-state index in [-0.39, 0.29) is 31.0 Å². The van der Waals surface area contributed by atoms with E-state index >= 15 is 0 Å². The van der Waals surface area contributed by atoms with E-state index < -0.39 is 27.4 Å². The summed E-state index contributed by atoms with van der Waals surface area (Å²) in [6.07, 6.45) is -0.0519. The summed E-state index contributed by atoms with van der Waals surface area (Å²) in [6.45, 7) is 5.44. The molecule has 0 spiro atoms. The van der Waals surface area contributed by atoms with Crippen LogP contribution in [0.1, 0.15) is 30.5 Å². The van der Waals surface area contributed by atoms with Crippen LogP contribution in [-0.4, -0.2) is 37.5 Å². The molecule has 39 heavy (non-hydrogen) atoms. The van der Waals surface area contributed by atoms with Crippen LogP contribution in [-0.2, 0) is 41.9 Å². The molecule has 202 valence electrons. The molecule has 1 heterocycles. The van der Waals surface area contributed by atoms with Gasteiger partial charge in [0.25, 0.3) is 10.0 Å². The molecule has 0 atom stereocenters. The SMILES string of the molecule is CCOC(=O)C1(C(=O)OCC)Cc2c(Br)ccc3c2c(c(-c2ccccc2)n3S(=O)(=O)c2ccc(C)cc2)C1. The predicted octanol–water partition coefficient (Wildman–Crippen LogP) is 5.83. The summed E-state index contributed by atoms with van der Waals surface area (Å²) in [5, 5.41) is 0.697. The first-order valence-electron chi connectivity index (χ1n) is 12.7. The highest BCUT2D eigenvalue weighted by atomic mass is 79.9. The minimum Gasteiger partial charge on any atom is -0.465 e. The maximum Gasteiger partial charge on any atom is 0.324 e. The third-order valence-corrected chi connectivity index (χ3v) is 9.61. The number of hydrogen-bond acceptors (Lipinski definition) is 6. The van der Waals surface area contributed by atoms with E-state index in [4.69, 9.17) is 9.47 Å². The molecule has 7 nitrogen and oxygen atoms in total. The van der Waals surface area contributed by atoms with Crippen molar-refractivity contribution < 1.29 is 27.5 Å². The number of carbonyl (C=O) groups is 2. The molecule has 0 fully saturated rings. The largest absolute Gasteiger partial charge is 0.465 e. The first kappa shape index (κ1) is 27.1. The van der Waals surface area contributed by atoms with Crippen molar-refractivity contribution in [2.45, 2.75) is 38.5 Å². The summed E-state index contributed by atoms with van der Waals surface area (Å²) in [5.41, 5.74) is 2.03.